The molecule has 0 saturated carbocycles. The Bertz CT molecular complexity index is 1510. The molecule has 0 bridgehead atoms. The van der Waals surface area contributed by atoms with E-state index in [9.17, 15) is 23.5 Å². The summed E-state index contributed by atoms with van der Waals surface area (Å²) in [5.74, 6) is -3.77. The SMILES string of the molecule is Cc1cccc(C2/C(=C(\O)c3ccc(Br)cc3)C(=O)C(=O)N2c2nc3c(F)cc(F)cc3s2)c1. The van der Waals surface area contributed by atoms with E-state index in [1.165, 1.54) is 0 Å². The van der Waals surface area contributed by atoms with E-state index in [2.05, 4.69) is 20.9 Å². The minimum Gasteiger partial charge on any atom is -0.507 e. The molecule has 9 heteroatoms. The van der Waals surface area contributed by atoms with Gasteiger partial charge in [0.15, 0.2) is 10.9 Å². The number of rotatable bonds is 3. The Balaban J connectivity index is 1.75. The molecule has 170 valence electrons. The second kappa shape index (κ2) is 8.41. The van der Waals surface area contributed by atoms with Crippen LogP contribution in [0.4, 0.5) is 13.9 Å². The van der Waals surface area contributed by atoms with Crippen LogP contribution in [0.3, 0.4) is 0 Å². The summed E-state index contributed by atoms with van der Waals surface area (Å²) >= 11 is 4.23. The van der Waals surface area contributed by atoms with Gasteiger partial charge in [-0.25, -0.2) is 13.8 Å². The second-order valence-electron chi connectivity index (χ2n) is 7.82. The van der Waals surface area contributed by atoms with Crippen LogP contribution in [-0.2, 0) is 9.59 Å². The van der Waals surface area contributed by atoms with Crippen molar-refractivity contribution in [2.45, 2.75) is 13.0 Å². The van der Waals surface area contributed by atoms with E-state index >= 15 is 0 Å². The topological polar surface area (TPSA) is 70.5 Å². The quantitative estimate of drug-likeness (QED) is 0.189. The molecule has 0 spiro atoms. The molecule has 34 heavy (non-hydrogen) atoms. The van der Waals surface area contributed by atoms with Crippen molar-refractivity contribution in [1.82, 2.24) is 4.98 Å². The number of carbonyl (C=O) groups excluding carboxylic acids is 2. The summed E-state index contributed by atoms with van der Waals surface area (Å²) in [4.78, 5) is 31.8. The van der Waals surface area contributed by atoms with Crippen molar-refractivity contribution in [1.29, 1.82) is 0 Å². The number of halogens is 3. The molecule has 5 rings (SSSR count). The number of thiazole rings is 1. The molecule has 1 saturated heterocycles. The molecule has 1 amide bonds. The lowest BCUT2D eigenvalue weighted by Gasteiger charge is -2.23. The number of amides is 1. The fraction of sp³-hybridized carbons (Fsp3) is 0.0800. The number of ketones is 1. The van der Waals surface area contributed by atoms with Crippen LogP contribution < -0.4 is 4.90 Å². The van der Waals surface area contributed by atoms with Gasteiger partial charge in [0.25, 0.3) is 5.78 Å². The van der Waals surface area contributed by atoms with Crippen LogP contribution in [0, 0.1) is 18.6 Å². The average Bonchev–Trinajstić information content (AvgIpc) is 3.33. The molecule has 1 N–H and O–H groups in total. The van der Waals surface area contributed by atoms with Crippen molar-refractivity contribution in [3.8, 4) is 0 Å². The number of aliphatic hydroxyl groups excluding tert-OH is 1. The summed E-state index contributed by atoms with van der Waals surface area (Å²) in [5.41, 5.74) is 1.60. The van der Waals surface area contributed by atoms with Crippen LogP contribution in [0.1, 0.15) is 22.7 Å². The summed E-state index contributed by atoms with van der Waals surface area (Å²) in [6, 6.07) is 14.7. The summed E-state index contributed by atoms with van der Waals surface area (Å²) < 4.78 is 29.1. The second-order valence-corrected chi connectivity index (χ2v) is 9.75. The van der Waals surface area contributed by atoms with E-state index in [1.807, 2.05) is 13.0 Å². The molecule has 1 fully saturated rings. The highest BCUT2D eigenvalue weighted by atomic mass is 79.9. The first-order chi connectivity index (χ1) is 16.2. The Morgan fingerprint density at radius 3 is 2.53 bits per heavy atom. The van der Waals surface area contributed by atoms with E-state index in [0.29, 0.717) is 17.2 Å². The van der Waals surface area contributed by atoms with E-state index in [1.54, 1.807) is 42.5 Å². The number of aryl methyl sites for hydroxylation is 1. The number of anilines is 1. The van der Waals surface area contributed by atoms with E-state index in [-0.39, 0.29) is 26.7 Å². The Labute approximate surface area is 205 Å². The van der Waals surface area contributed by atoms with Gasteiger partial charge in [-0.15, -0.1) is 0 Å². The molecular weight excluding hydrogens is 526 g/mol. The molecule has 3 aromatic carbocycles. The maximum Gasteiger partial charge on any atom is 0.301 e. The molecule has 1 aliphatic heterocycles. The smallest absolute Gasteiger partial charge is 0.301 e. The van der Waals surface area contributed by atoms with Crippen LogP contribution >= 0.6 is 27.3 Å². The number of hydrogen-bond donors (Lipinski definition) is 1. The van der Waals surface area contributed by atoms with Crippen molar-refractivity contribution in [3.63, 3.8) is 0 Å². The molecule has 1 aliphatic rings. The summed E-state index contributed by atoms with van der Waals surface area (Å²) in [7, 11) is 0. The Morgan fingerprint density at radius 2 is 1.82 bits per heavy atom. The zero-order chi connectivity index (χ0) is 24.1. The molecule has 1 atom stereocenters. The van der Waals surface area contributed by atoms with Gasteiger partial charge in [0.2, 0.25) is 0 Å². The predicted molar refractivity (Wildman–Crippen MR) is 130 cm³/mol. The van der Waals surface area contributed by atoms with Gasteiger partial charge in [-0.1, -0.05) is 69.2 Å². The number of nitrogens with zero attached hydrogens (tertiary/aromatic N) is 2. The normalized spacial score (nSPS) is 17.6. The number of fused-ring (bicyclic) bond motifs is 1. The number of aliphatic hydroxyl groups is 1. The molecule has 2 heterocycles. The van der Waals surface area contributed by atoms with Gasteiger partial charge in [0.1, 0.15) is 17.1 Å². The maximum absolute atomic E-state index is 14.3. The molecule has 1 unspecified atom stereocenters. The maximum atomic E-state index is 14.3. The molecule has 4 aromatic rings. The zero-order valence-electron chi connectivity index (χ0n) is 17.6. The molecule has 0 radical (unpaired) electrons. The first kappa shape index (κ1) is 22.4. The van der Waals surface area contributed by atoms with Gasteiger partial charge >= 0.3 is 5.91 Å². The highest BCUT2D eigenvalue weighted by Gasteiger charge is 2.48. The zero-order valence-corrected chi connectivity index (χ0v) is 20.0. The fourth-order valence-electron chi connectivity index (χ4n) is 4.00. The third-order valence-electron chi connectivity index (χ3n) is 5.53. The molecule has 0 aliphatic carbocycles. The highest BCUT2D eigenvalue weighted by molar-refractivity contribution is 9.10. The van der Waals surface area contributed by atoms with Crippen molar-refractivity contribution in [3.05, 3.63) is 99.0 Å². The van der Waals surface area contributed by atoms with Gasteiger partial charge in [-0.2, -0.15) is 0 Å². The van der Waals surface area contributed by atoms with Crippen molar-refractivity contribution in [2.75, 3.05) is 4.90 Å². The van der Waals surface area contributed by atoms with Crippen LogP contribution in [0.5, 0.6) is 0 Å². The average molecular weight is 541 g/mol. The van der Waals surface area contributed by atoms with Crippen molar-refractivity contribution < 1.29 is 23.5 Å². The van der Waals surface area contributed by atoms with E-state index in [4.69, 9.17) is 0 Å². The van der Waals surface area contributed by atoms with Crippen molar-refractivity contribution >= 4 is 60.1 Å². The minimum atomic E-state index is -1.00. The van der Waals surface area contributed by atoms with Crippen molar-refractivity contribution in [2.24, 2.45) is 0 Å². The monoisotopic (exact) mass is 540 g/mol. The van der Waals surface area contributed by atoms with Gasteiger partial charge in [0.05, 0.1) is 16.3 Å². The van der Waals surface area contributed by atoms with Crippen LogP contribution in [0.25, 0.3) is 16.0 Å². The minimum absolute atomic E-state index is 0.0305. The standard InChI is InChI=1S/C25H15BrF2N2O3S/c1-12-3-2-4-14(9-12)21-19(22(31)13-5-7-15(26)8-6-13)23(32)24(33)30(21)25-29-20-17(28)10-16(27)11-18(20)34-25/h2-11,21,31H,1H3/b22-19+. The lowest BCUT2D eigenvalue weighted by molar-refractivity contribution is -0.132. The van der Waals surface area contributed by atoms with Gasteiger partial charge < -0.3 is 5.11 Å². The lowest BCUT2D eigenvalue weighted by atomic mass is 9.94. The number of carbonyl (C=O) groups is 2. The first-order valence-corrected chi connectivity index (χ1v) is 11.7. The van der Waals surface area contributed by atoms with Crippen LogP contribution in [0.2, 0.25) is 0 Å². The first-order valence-electron chi connectivity index (χ1n) is 10.1. The Hall–Kier alpha value is -3.43. The largest absolute Gasteiger partial charge is 0.507 e. The molecule has 5 nitrogen and oxygen atoms in total. The summed E-state index contributed by atoms with van der Waals surface area (Å²) in [5, 5.41) is 11.2. The number of hydrogen-bond acceptors (Lipinski definition) is 5. The van der Waals surface area contributed by atoms with Gasteiger partial charge in [0, 0.05) is 16.1 Å². The van der Waals surface area contributed by atoms with Gasteiger partial charge in [-0.3, -0.25) is 14.5 Å². The highest BCUT2D eigenvalue weighted by Crippen LogP contribution is 2.44. The number of benzene rings is 3. The number of aromatic nitrogens is 1. The summed E-state index contributed by atoms with van der Waals surface area (Å²) in [6.45, 7) is 1.86. The summed E-state index contributed by atoms with van der Waals surface area (Å²) in [6.07, 6.45) is 0. The fourth-order valence-corrected chi connectivity index (χ4v) is 5.29. The van der Waals surface area contributed by atoms with Crippen LogP contribution in [0.15, 0.2) is 70.7 Å². The van der Waals surface area contributed by atoms with Gasteiger partial charge in [-0.05, 0) is 30.7 Å². The Kier molecular flexibility index (Phi) is 5.53. The molecular formula is C25H15BrF2N2O3S. The van der Waals surface area contributed by atoms with E-state index in [0.717, 1.165) is 32.3 Å². The van der Waals surface area contributed by atoms with Crippen LogP contribution in [-0.4, -0.2) is 21.8 Å². The predicted octanol–water partition coefficient (Wildman–Crippen LogP) is 6.27. The Morgan fingerprint density at radius 1 is 1.09 bits per heavy atom. The third-order valence-corrected chi connectivity index (χ3v) is 7.06. The number of Topliss-reactive ketones (excluding diaryl/α,β-unsaturated/α-hetero) is 1. The lowest BCUT2D eigenvalue weighted by Crippen LogP contribution is -2.29. The van der Waals surface area contributed by atoms with E-state index < -0.39 is 29.4 Å². The molecule has 1 aromatic heterocycles. The third kappa shape index (κ3) is 3.70.